The topological polar surface area (TPSA) is 88.8 Å². The number of benzene rings is 2. The van der Waals surface area contributed by atoms with Crippen LogP contribution in [0.4, 0.5) is 5.69 Å². The maximum atomic E-state index is 10.8. The van der Waals surface area contributed by atoms with E-state index in [9.17, 15) is 10.1 Å². The molecule has 2 aromatic carbocycles. The van der Waals surface area contributed by atoms with Gasteiger partial charge in [0.2, 0.25) is 0 Å². The largest absolute Gasteiger partial charge is 0.381 e. The van der Waals surface area contributed by atoms with Crippen molar-refractivity contribution in [3.05, 3.63) is 70.3 Å². The molecule has 29 heavy (non-hydrogen) atoms. The Hall–Kier alpha value is -2.58. The number of rotatable bonds is 9. The van der Waals surface area contributed by atoms with E-state index in [2.05, 4.69) is 27.8 Å². The predicted molar refractivity (Wildman–Crippen MR) is 116 cm³/mol. The molecule has 0 radical (unpaired) electrons. The maximum absolute atomic E-state index is 10.8. The first-order chi connectivity index (χ1) is 14.2. The molecule has 3 rings (SSSR count). The molecule has 1 aliphatic heterocycles. The van der Waals surface area contributed by atoms with Crippen LogP contribution >= 0.6 is 11.8 Å². The summed E-state index contributed by atoms with van der Waals surface area (Å²) in [6.45, 7) is 3.67. The third-order valence-corrected chi connectivity index (χ3v) is 5.57. The third kappa shape index (κ3) is 7.40. The minimum Gasteiger partial charge on any atom is -0.381 e. The second-order valence-corrected chi connectivity index (χ2v) is 7.96. The highest BCUT2D eigenvalue weighted by Gasteiger charge is 2.15. The lowest BCUT2D eigenvalue weighted by Crippen LogP contribution is -2.41. The third-order valence-electron chi connectivity index (χ3n) is 4.56. The molecule has 0 amide bonds. The zero-order valence-electron chi connectivity index (χ0n) is 16.3. The van der Waals surface area contributed by atoms with Crippen LogP contribution in [0.25, 0.3) is 0 Å². The van der Waals surface area contributed by atoms with Gasteiger partial charge in [-0.25, -0.2) is 4.99 Å². The van der Waals surface area contributed by atoms with Crippen molar-refractivity contribution in [2.45, 2.75) is 17.9 Å². The van der Waals surface area contributed by atoms with Crippen LogP contribution in [0, 0.1) is 16.0 Å². The van der Waals surface area contributed by atoms with E-state index < -0.39 is 4.92 Å². The van der Waals surface area contributed by atoms with E-state index >= 15 is 0 Å². The molecule has 1 aliphatic rings. The van der Waals surface area contributed by atoms with Gasteiger partial charge in [0.05, 0.1) is 18.1 Å². The highest BCUT2D eigenvalue weighted by molar-refractivity contribution is 7.99. The number of thioether (sulfide) groups is 1. The van der Waals surface area contributed by atoms with E-state index in [4.69, 9.17) is 4.74 Å². The number of hydrogen-bond donors (Lipinski definition) is 2. The fourth-order valence-electron chi connectivity index (χ4n) is 2.91. The lowest BCUT2D eigenvalue weighted by molar-refractivity contribution is -0.384. The molecule has 1 unspecified atom stereocenters. The van der Waals surface area contributed by atoms with Crippen LogP contribution in [0.1, 0.15) is 12.0 Å². The van der Waals surface area contributed by atoms with Crippen LogP contribution in [0.15, 0.2) is 64.5 Å². The van der Waals surface area contributed by atoms with E-state index in [1.165, 1.54) is 17.0 Å². The number of nitro groups is 1. The van der Waals surface area contributed by atoms with Crippen LogP contribution < -0.4 is 10.6 Å². The number of non-ortho nitro benzene ring substituents is 1. The number of nitro benzene ring substituents is 1. The van der Waals surface area contributed by atoms with Gasteiger partial charge in [-0.05, 0) is 24.1 Å². The van der Waals surface area contributed by atoms with Gasteiger partial charge in [-0.3, -0.25) is 10.1 Å². The minimum absolute atomic E-state index is 0.0911. The molecule has 0 saturated carbocycles. The number of hydrogen-bond acceptors (Lipinski definition) is 5. The van der Waals surface area contributed by atoms with E-state index in [0.29, 0.717) is 12.5 Å². The SMILES string of the molecule is O=[N+]([O-])c1ccc(CN=C(NCCSc2ccccc2)NCC2CCOC2)cc1. The summed E-state index contributed by atoms with van der Waals surface area (Å²) >= 11 is 1.80. The Balaban J connectivity index is 1.52. The van der Waals surface area contributed by atoms with Crippen molar-refractivity contribution in [1.82, 2.24) is 10.6 Å². The van der Waals surface area contributed by atoms with E-state index in [1.807, 2.05) is 18.2 Å². The van der Waals surface area contributed by atoms with E-state index in [-0.39, 0.29) is 5.69 Å². The predicted octanol–water partition coefficient (Wildman–Crippen LogP) is 3.46. The Labute approximate surface area is 175 Å². The molecule has 2 aromatic rings. The summed E-state index contributed by atoms with van der Waals surface area (Å²) in [6, 6.07) is 16.8. The molecule has 0 spiro atoms. The Bertz CT molecular complexity index is 793. The van der Waals surface area contributed by atoms with Crippen molar-refractivity contribution >= 4 is 23.4 Å². The summed E-state index contributed by atoms with van der Waals surface area (Å²) in [5.74, 6) is 2.18. The summed E-state index contributed by atoms with van der Waals surface area (Å²) in [5, 5.41) is 17.6. The first kappa shape index (κ1) is 21.1. The van der Waals surface area contributed by atoms with Gasteiger partial charge >= 0.3 is 0 Å². The molecule has 1 atom stereocenters. The van der Waals surface area contributed by atoms with Gasteiger partial charge in [-0.15, -0.1) is 11.8 Å². The van der Waals surface area contributed by atoms with Gasteiger partial charge in [-0.1, -0.05) is 30.3 Å². The van der Waals surface area contributed by atoms with Crippen molar-refractivity contribution < 1.29 is 9.66 Å². The van der Waals surface area contributed by atoms with Crippen molar-refractivity contribution in [2.24, 2.45) is 10.9 Å². The molecule has 0 aromatic heterocycles. The lowest BCUT2D eigenvalue weighted by Gasteiger charge is -2.15. The number of aliphatic imine (C=N–C) groups is 1. The second-order valence-electron chi connectivity index (χ2n) is 6.79. The number of ether oxygens (including phenoxy) is 1. The van der Waals surface area contributed by atoms with Crippen molar-refractivity contribution in [3.8, 4) is 0 Å². The number of guanidine groups is 1. The molecule has 1 fully saturated rings. The van der Waals surface area contributed by atoms with E-state index in [0.717, 1.165) is 50.0 Å². The monoisotopic (exact) mass is 414 g/mol. The summed E-state index contributed by atoms with van der Waals surface area (Å²) in [5.41, 5.74) is 1.02. The first-order valence-corrected chi connectivity index (χ1v) is 10.7. The van der Waals surface area contributed by atoms with Crippen molar-refractivity contribution in [2.75, 3.05) is 32.1 Å². The average Bonchev–Trinajstić information content (AvgIpc) is 3.27. The summed E-state index contributed by atoms with van der Waals surface area (Å²) in [4.78, 5) is 16.3. The number of nitrogens with one attached hydrogen (secondary N) is 2. The molecule has 1 heterocycles. The van der Waals surface area contributed by atoms with E-state index in [1.54, 1.807) is 23.9 Å². The zero-order valence-corrected chi connectivity index (χ0v) is 17.1. The van der Waals surface area contributed by atoms with Crippen LogP contribution in [0.2, 0.25) is 0 Å². The molecule has 7 nitrogen and oxygen atoms in total. The standard InChI is InChI=1S/C21H26N4O3S/c26-25(27)19-8-6-17(7-9-19)14-23-21(24-15-18-10-12-28-16-18)22-11-13-29-20-4-2-1-3-5-20/h1-9,18H,10-16H2,(H2,22,23,24). The van der Waals surface area contributed by atoms with Gasteiger partial charge in [0, 0.05) is 48.4 Å². The molecule has 1 saturated heterocycles. The Morgan fingerprint density at radius 3 is 2.66 bits per heavy atom. The second kappa shape index (κ2) is 11.4. The van der Waals surface area contributed by atoms with Gasteiger partial charge in [0.1, 0.15) is 0 Å². The highest BCUT2D eigenvalue weighted by atomic mass is 32.2. The van der Waals surface area contributed by atoms with Crippen LogP contribution in [-0.4, -0.2) is 42.9 Å². The molecule has 0 aliphatic carbocycles. The van der Waals surface area contributed by atoms with Gasteiger partial charge in [0.15, 0.2) is 5.96 Å². The fraction of sp³-hybridized carbons (Fsp3) is 0.381. The summed E-state index contributed by atoms with van der Waals surface area (Å²) in [6.07, 6.45) is 1.06. The van der Waals surface area contributed by atoms with Gasteiger partial charge in [-0.2, -0.15) is 0 Å². The maximum Gasteiger partial charge on any atom is 0.269 e. The molecule has 2 N–H and O–H groups in total. The first-order valence-electron chi connectivity index (χ1n) is 9.72. The fourth-order valence-corrected chi connectivity index (χ4v) is 3.70. The van der Waals surface area contributed by atoms with Gasteiger partial charge < -0.3 is 15.4 Å². The summed E-state index contributed by atoms with van der Waals surface area (Å²) in [7, 11) is 0. The van der Waals surface area contributed by atoms with Crippen LogP contribution in [-0.2, 0) is 11.3 Å². The Morgan fingerprint density at radius 2 is 1.97 bits per heavy atom. The quantitative estimate of drug-likeness (QED) is 0.163. The van der Waals surface area contributed by atoms with Crippen molar-refractivity contribution in [1.29, 1.82) is 0 Å². The van der Waals surface area contributed by atoms with Crippen molar-refractivity contribution in [3.63, 3.8) is 0 Å². The Kier molecular flexibility index (Phi) is 8.33. The minimum atomic E-state index is -0.393. The lowest BCUT2D eigenvalue weighted by atomic mass is 10.1. The average molecular weight is 415 g/mol. The summed E-state index contributed by atoms with van der Waals surface area (Å²) < 4.78 is 5.44. The normalized spacial score (nSPS) is 16.6. The highest BCUT2D eigenvalue weighted by Crippen LogP contribution is 2.16. The molecular weight excluding hydrogens is 388 g/mol. The smallest absolute Gasteiger partial charge is 0.269 e. The Morgan fingerprint density at radius 1 is 1.17 bits per heavy atom. The molecule has 154 valence electrons. The zero-order chi connectivity index (χ0) is 20.3. The number of nitrogens with zero attached hydrogens (tertiary/aromatic N) is 2. The van der Waals surface area contributed by atoms with Crippen LogP contribution in [0.3, 0.4) is 0 Å². The van der Waals surface area contributed by atoms with Gasteiger partial charge in [0.25, 0.3) is 5.69 Å². The molecular formula is C21H26N4O3S. The molecule has 8 heteroatoms. The molecule has 0 bridgehead atoms. The van der Waals surface area contributed by atoms with Crippen LogP contribution in [0.5, 0.6) is 0 Å².